The van der Waals surface area contributed by atoms with Crippen LogP contribution in [0.1, 0.15) is 12.0 Å². The smallest absolute Gasteiger partial charge is 0.329 e. The van der Waals surface area contributed by atoms with Gasteiger partial charge in [-0.05, 0) is 0 Å². The van der Waals surface area contributed by atoms with Gasteiger partial charge in [0.2, 0.25) is 5.91 Å². The molecule has 106 valence electrons. The van der Waals surface area contributed by atoms with Crippen molar-refractivity contribution in [1.82, 2.24) is 14.5 Å². The minimum Gasteiger partial charge on any atom is -0.354 e. The molecule has 20 heavy (non-hydrogen) atoms. The van der Waals surface area contributed by atoms with Crippen molar-refractivity contribution in [2.45, 2.75) is 6.42 Å². The third-order valence-corrected chi connectivity index (χ3v) is 3.44. The highest BCUT2D eigenvalue weighted by molar-refractivity contribution is 5.77. The minimum absolute atomic E-state index is 0.00260. The molecule has 1 aromatic heterocycles. The number of carbonyl (C=O) groups excluding carboxylic acids is 1. The highest BCUT2D eigenvalue weighted by atomic mass is 16.2. The van der Waals surface area contributed by atoms with E-state index in [1.807, 2.05) is 6.07 Å². The molecule has 0 bridgehead atoms. The van der Waals surface area contributed by atoms with Crippen LogP contribution in [0.2, 0.25) is 0 Å². The predicted octanol–water partition coefficient (Wildman–Crippen LogP) is -1.39. The average Bonchev–Trinajstić information content (AvgIpc) is 2.59. The summed E-state index contributed by atoms with van der Waals surface area (Å²) in [7, 11) is 3.01. The number of H-pyrrole nitrogens is 1. The van der Waals surface area contributed by atoms with Crippen molar-refractivity contribution in [3.05, 3.63) is 26.4 Å². The zero-order valence-electron chi connectivity index (χ0n) is 11.3. The van der Waals surface area contributed by atoms with Gasteiger partial charge < -0.3 is 9.80 Å². The first-order valence-corrected chi connectivity index (χ1v) is 6.18. The van der Waals surface area contributed by atoms with Crippen molar-refractivity contribution < 1.29 is 4.79 Å². The Morgan fingerprint density at radius 1 is 1.15 bits per heavy atom. The molecular formula is C12H15N5O3. The maximum absolute atomic E-state index is 11.9. The normalized spacial score (nSPS) is 15.9. The Morgan fingerprint density at radius 3 is 2.50 bits per heavy atom. The Labute approximate surface area is 114 Å². The number of anilines is 1. The Morgan fingerprint density at radius 2 is 1.85 bits per heavy atom. The maximum atomic E-state index is 11.9. The number of hydrogen-bond donors (Lipinski definition) is 1. The van der Waals surface area contributed by atoms with Crippen LogP contribution in [0.4, 0.5) is 5.82 Å². The largest absolute Gasteiger partial charge is 0.354 e. The third kappa shape index (κ3) is 2.30. The molecule has 2 heterocycles. The molecule has 1 N–H and O–H groups in total. The second-order valence-electron chi connectivity index (χ2n) is 4.68. The summed E-state index contributed by atoms with van der Waals surface area (Å²) in [4.78, 5) is 41.1. The van der Waals surface area contributed by atoms with Gasteiger partial charge in [-0.1, -0.05) is 0 Å². The summed E-state index contributed by atoms with van der Waals surface area (Å²) < 4.78 is 0.858. The molecule has 0 unspecified atom stereocenters. The molecule has 2 rings (SSSR count). The number of nitrogens with zero attached hydrogens (tertiary/aromatic N) is 4. The van der Waals surface area contributed by atoms with Crippen LogP contribution in [0.5, 0.6) is 0 Å². The molecule has 1 fully saturated rings. The van der Waals surface area contributed by atoms with Gasteiger partial charge in [0.25, 0.3) is 5.56 Å². The Kier molecular flexibility index (Phi) is 3.61. The van der Waals surface area contributed by atoms with E-state index in [1.165, 1.54) is 7.05 Å². The lowest BCUT2D eigenvalue weighted by Gasteiger charge is -2.22. The molecule has 1 amide bonds. The molecule has 8 nitrogen and oxygen atoms in total. The van der Waals surface area contributed by atoms with Crippen molar-refractivity contribution >= 4 is 11.7 Å². The minimum atomic E-state index is -0.629. The lowest BCUT2D eigenvalue weighted by Crippen LogP contribution is -2.39. The van der Waals surface area contributed by atoms with E-state index in [0.717, 1.165) is 4.57 Å². The summed E-state index contributed by atoms with van der Waals surface area (Å²) in [5.41, 5.74) is -1.31. The number of likely N-dealkylation sites (N-methyl/N-ethyl adjacent to an activating group) is 1. The first-order chi connectivity index (χ1) is 9.45. The molecule has 0 atom stereocenters. The van der Waals surface area contributed by atoms with E-state index in [2.05, 4.69) is 4.98 Å². The fraction of sp³-hybridized carbons (Fsp3) is 0.500. The SMILES string of the molecule is CN1CCN(c2[nH]c(=O)n(C)c(=O)c2C#N)CCC1=O. The highest BCUT2D eigenvalue weighted by Crippen LogP contribution is 2.14. The van der Waals surface area contributed by atoms with Crippen LogP contribution in [0.25, 0.3) is 0 Å². The Hall–Kier alpha value is -2.56. The van der Waals surface area contributed by atoms with E-state index < -0.39 is 11.2 Å². The van der Waals surface area contributed by atoms with E-state index in [9.17, 15) is 14.4 Å². The van der Waals surface area contributed by atoms with Crippen LogP contribution in [-0.2, 0) is 11.8 Å². The van der Waals surface area contributed by atoms with Gasteiger partial charge in [0, 0.05) is 40.2 Å². The Balaban J connectivity index is 2.48. The fourth-order valence-electron chi connectivity index (χ4n) is 2.10. The summed E-state index contributed by atoms with van der Waals surface area (Å²) in [6.45, 7) is 1.29. The van der Waals surface area contributed by atoms with E-state index in [0.29, 0.717) is 19.6 Å². The summed E-state index contributed by atoms with van der Waals surface area (Å²) in [6, 6.07) is 1.83. The van der Waals surface area contributed by atoms with Crippen LogP contribution in [0.15, 0.2) is 9.59 Å². The molecule has 1 aliphatic heterocycles. The molecule has 0 spiro atoms. The van der Waals surface area contributed by atoms with Crippen molar-refractivity contribution in [1.29, 1.82) is 5.26 Å². The number of hydrogen-bond acceptors (Lipinski definition) is 5. The zero-order chi connectivity index (χ0) is 14.9. The van der Waals surface area contributed by atoms with Crippen molar-refractivity contribution in [2.24, 2.45) is 7.05 Å². The van der Waals surface area contributed by atoms with E-state index in [-0.39, 0.29) is 23.7 Å². The van der Waals surface area contributed by atoms with Gasteiger partial charge in [-0.2, -0.15) is 5.26 Å². The average molecular weight is 277 g/mol. The second kappa shape index (κ2) is 5.21. The topological polar surface area (TPSA) is 102 Å². The standard InChI is InChI=1S/C12H15N5O3/c1-15-5-6-17(4-3-9(15)18)10-8(7-13)11(19)16(2)12(20)14-10/h3-6H2,1-2H3,(H,14,20). The molecular weight excluding hydrogens is 262 g/mol. The van der Waals surface area contributed by atoms with Crippen LogP contribution in [0.3, 0.4) is 0 Å². The van der Waals surface area contributed by atoms with Gasteiger partial charge in [0.1, 0.15) is 11.9 Å². The number of aromatic amines is 1. The molecule has 0 aromatic carbocycles. The van der Waals surface area contributed by atoms with Crippen molar-refractivity contribution in [3.63, 3.8) is 0 Å². The second-order valence-corrected chi connectivity index (χ2v) is 4.68. The van der Waals surface area contributed by atoms with Gasteiger partial charge in [-0.3, -0.25) is 19.1 Å². The molecule has 1 aromatic rings. The fourth-order valence-corrected chi connectivity index (χ4v) is 2.10. The molecule has 8 heteroatoms. The van der Waals surface area contributed by atoms with E-state index >= 15 is 0 Å². The lowest BCUT2D eigenvalue weighted by molar-refractivity contribution is -0.129. The molecule has 0 aliphatic carbocycles. The van der Waals surface area contributed by atoms with Crippen LogP contribution in [0, 0.1) is 11.3 Å². The summed E-state index contributed by atoms with van der Waals surface area (Å²) in [6.07, 6.45) is 0.276. The summed E-state index contributed by atoms with van der Waals surface area (Å²) in [5.74, 6) is 0.195. The highest BCUT2D eigenvalue weighted by Gasteiger charge is 2.22. The number of nitrogens with one attached hydrogen (secondary N) is 1. The van der Waals surface area contributed by atoms with Crippen molar-refractivity contribution in [3.8, 4) is 6.07 Å². The van der Waals surface area contributed by atoms with Crippen LogP contribution < -0.4 is 16.1 Å². The van der Waals surface area contributed by atoms with Crippen LogP contribution >= 0.6 is 0 Å². The van der Waals surface area contributed by atoms with Crippen LogP contribution in [-0.4, -0.2) is 47.0 Å². The lowest BCUT2D eigenvalue weighted by atomic mass is 10.3. The van der Waals surface area contributed by atoms with E-state index in [4.69, 9.17) is 5.26 Å². The molecule has 1 saturated heterocycles. The van der Waals surface area contributed by atoms with Gasteiger partial charge in [-0.15, -0.1) is 0 Å². The number of aromatic nitrogens is 2. The number of amides is 1. The third-order valence-electron chi connectivity index (χ3n) is 3.44. The first-order valence-electron chi connectivity index (χ1n) is 6.18. The number of rotatable bonds is 1. The van der Waals surface area contributed by atoms with Crippen molar-refractivity contribution in [2.75, 3.05) is 31.6 Å². The summed E-state index contributed by atoms with van der Waals surface area (Å²) in [5, 5.41) is 9.13. The maximum Gasteiger partial charge on any atom is 0.329 e. The van der Waals surface area contributed by atoms with E-state index in [1.54, 1.807) is 16.8 Å². The van der Waals surface area contributed by atoms with Gasteiger partial charge in [-0.25, -0.2) is 4.79 Å². The zero-order valence-corrected chi connectivity index (χ0v) is 11.3. The molecule has 0 radical (unpaired) electrons. The van der Waals surface area contributed by atoms with Gasteiger partial charge in [0.15, 0.2) is 5.56 Å². The van der Waals surface area contributed by atoms with Gasteiger partial charge >= 0.3 is 5.69 Å². The Bertz CT molecular complexity index is 697. The number of carbonyl (C=O) groups is 1. The number of nitriles is 1. The van der Waals surface area contributed by atoms with Gasteiger partial charge in [0.05, 0.1) is 0 Å². The molecule has 1 aliphatic rings. The summed E-state index contributed by atoms with van der Waals surface area (Å²) >= 11 is 0. The predicted molar refractivity (Wildman–Crippen MR) is 71.5 cm³/mol. The first kappa shape index (κ1) is 13.9. The quantitative estimate of drug-likeness (QED) is 0.681. The molecule has 0 saturated carbocycles. The monoisotopic (exact) mass is 277 g/mol.